The molecule has 2 aromatic carbocycles. The third-order valence-corrected chi connectivity index (χ3v) is 3.87. The zero-order chi connectivity index (χ0) is 13.8. The Labute approximate surface area is 126 Å². The Morgan fingerprint density at radius 1 is 1.21 bits per heavy atom. The van der Waals surface area contributed by atoms with Gasteiger partial charge in [-0.3, -0.25) is 0 Å². The number of benzene rings is 2. The number of hydrogen-bond donors (Lipinski definition) is 1. The lowest BCUT2D eigenvalue weighted by molar-refractivity contribution is 0.412. The van der Waals surface area contributed by atoms with E-state index in [1.165, 1.54) is 0 Å². The van der Waals surface area contributed by atoms with Crippen molar-refractivity contribution in [3.05, 3.63) is 57.5 Å². The lowest BCUT2D eigenvalue weighted by Gasteiger charge is -2.17. The molecule has 100 valence electrons. The zero-order valence-corrected chi connectivity index (χ0v) is 13.1. The summed E-state index contributed by atoms with van der Waals surface area (Å²) in [5.74, 6) is 0.816. The smallest absolute Gasteiger partial charge is 0.133 e. The number of methoxy groups -OCH3 is 1. The van der Waals surface area contributed by atoms with E-state index in [9.17, 15) is 0 Å². The molecule has 2 aromatic rings. The fraction of sp³-hybridized carbons (Fsp3) is 0.200. The molecule has 0 aliphatic carbocycles. The monoisotopic (exact) mass is 339 g/mol. The Kier molecular flexibility index (Phi) is 4.72. The molecule has 0 bridgehead atoms. The van der Waals surface area contributed by atoms with Gasteiger partial charge in [-0.25, -0.2) is 0 Å². The largest absolute Gasteiger partial charge is 0.496 e. The van der Waals surface area contributed by atoms with Crippen LogP contribution in [0.3, 0.4) is 0 Å². The minimum atomic E-state index is 0.133. The van der Waals surface area contributed by atoms with Gasteiger partial charge in [-0.1, -0.05) is 29.8 Å². The van der Waals surface area contributed by atoms with Crippen molar-refractivity contribution in [1.82, 2.24) is 0 Å². The van der Waals surface area contributed by atoms with E-state index in [4.69, 9.17) is 16.3 Å². The highest BCUT2D eigenvalue weighted by molar-refractivity contribution is 9.10. The third kappa shape index (κ3) is 3.43. The van der Waals surface area contributed by atoms with Gasteiger partial charge in [0.15, 0.2) is 0 Å². The van der Waals surface area contributed by atoms with Gasteiger partial charge in [0.2, 0.25) is 0 Å². The molecule has 0 saturated heterocycles. The molecule has 0 fully saturated rings. The molecule has 0 aliphatic heterocycles. The second-order valence-electron chi connectivity index (χ2n) is 4.24. The summed E-state index contributed by atoms with van der Waals surface area (Å²) in [7, 11) is 1.65. The van der Waals surface area contributed by atoms with Gasteiger partial charge in [0, 0.05) is 16.8 Å². The van der Waals surface area contributed by atoms with Crippen LogP contribution < -0.4 is 10.1 Å². The van der Waals surface area contributed by atoms with E-state index in [2.05, 4.69) is 28.2 Å². The average molecular weight is 341 g/mol. The van der Waals surface area contributed by atoms with E-state index < -0.39 is 0 Å². The quantitative estimate of drug-likeness (QED) is 0.817. The van der Waals surface area contributed by atoms with Crippen molar-refractivity contribution in [3.8, 4) is 5.75 Å². The highest BCUT2D eigenvalue weighted by atomic mass is 79.9. The van der Waals surface area contributed by atoms with Crippen LogP contribution in [-0.4, -0.2) is 7.11 Å². The van der Waals surface area contributed by atoms with Gasteiger partial charge >= 0.3 is 0 Å². The second-order valence-corrected chi connectivity index (χ2v) is 5.50. The van der Waals surface area contributed by atoms with Crippen molar-refractivity contribution in [3.63, 3.8) is 0 Å². The lowest BCUT2D eigenvalue weighted by atomic mass is 10.1. The number of nitrogens with one attached hydrogen (secondary N) is 1. The van der Waals surface area contributed by atoms with Crippen LogP contribution in [-0.2, 0) is 0 Å². The molecular formula is C15H15BrClNO. The minimum absolute atomic E-state index is 0.133. The summed E-state index contributed by atoms with van der Waals surface area (Å²) in [6.45, 7) is 2.08. The highest BCUT2D eigenvalue weighted by Gasteiger charge is 2.09. The maximum Gasteiger partial charge on any atom is 0.133 e. The minimum Gasteiger partial charge on any atom is -0.496 e. The Balaban J connectivity index is 2.17. The molecule has 1 atom stereocenters. The van der Waals surface area contributed by atoms with E-state index in [-0.39, 0.29) is 6.04 Å². The van der Waals surface area contributed by atoms with Crippen LogP contribution >= 0.6 is 27.5 Å². The molecule has 0 saturated carbocycles. The standard InChI is InChI=1S/C15H15BrClNO/c1-10(12-5-3-4-6-14(12)17)18-11-7-8-15(19-2)13(16)9-11/h3-10,18H,1-2H3. The number of rotatable bonds is 4. The molecule has 0 spiro atoms. The van der Waals surface area contributed by atoms with Crippen molar-refractivity contribution in [2.75, 3.05) is 12.4 Å². The van der Waals surface area contributed by atoms with Crippen LogP contribution in [0.1, 0.15) is 18.5 Å². The van der Waals surface area contributed by atoms with Crippen molar-refractivity contribution >= 4 is 33.2 Å². The fourth-order valence-corrected chi connectivity index (χ4v) is 2.75. The molecule has 0 radical (unpaired) electrons. The Morgan fingerprint density at radius 2 is 1.95 bits per heavy atom. The molecule has 2 nitrogen and oxygen atoms in total. The first-order valence-corrected chi connectivity index (χ1v) is 7.13. The van der Waals surface area contributed by atoms with Crippen molar-refractivity contribution < 1.29 is 4.74 Å². The lowest BCUT2D eigenvalue weighted by Crippen LogP contribution is -2.07. The number of ether oxygens (including phenoxy) is 1. The first-order chi connectivity index (χ1) is 9.11. The SMILES string of the molecule is COc1ccc(NC(C)c2ccccc2Cl)cc1Br. The Hall–Kier alpha value is -1.19. The summed E-state index contributed by atoms with van der Waals surface area (Å²) in [5, 5.41) is 4.19. The summed E-state index contributed by atoms with van der Waals surface area (Å²) in [6, 6.07) is 13.9. The molecule has 19 heavy (non-hydrogen) atoms. The molecule has 0 heterocycles. The summed E-state index contributed by atoms with van der Waals surface area (Å²) < 4.78 is 6.14. The van der Waals surface area contributed by atoms with Crippen LogP contribution in [0, 0.1) is 0 Å². The topological polar surface area (TPSA) is 21.3 Å². The second kappa shape index (κ2) is 6.31. The molecule has 4 heteroatoms. The predicted molar refractivity (Wildman–Crippen MR) is 84.2 cm³/mol. The third-order valence-electron chi connectivity index (χ3n) is 2.91. The maximum absolute atomic E-state index is 6.20. The molecule has 0 aromatic heterocycles. The van der Waals surface area contributed by atoms with Crippen LogP contribution in [0.25, 0.3) is 0 Å². The van der Waals surface area contributed by atoms with E-state index in [0.29, 0.717) is 0 Å². The Bertz CT molecular complexity index is 574. The van der Waals surface area contributed by atoms with Crippen molar-refractivity contribution in [1.29, 1.82) is 0 Å². The van der Waals surface area contributed by atoms with Crippen LogP contribution in [0.5, 0.6) is 5.75 Å². The molecular weight excluding hydrogens is 326 g/mol. The van der Waals surface area contributed by atoms with Crippen molar-refractivity contribution in [2.24, 2.45) is 0 Å². The first-order valence-electron chi connectivity index (χ1n) is 5.96. The first kappa shape index (κ1) is 14.2. The number of halogens is 2. The van der Waals surface area contributed by atoms with E-state index in [1.54, 1.807) is 7.11 Å². The van der Waals surface area contributed by atoms with Crippen LogP contribution in [0.4, 0.5) is 5.69 Å². The van der Waals surface area contributed by atoms with E-state index in [1.807, 2.05) is 42.5 Å². The van der Waals surface area contributed by atoms with E-state index in [0.717, 1.165) is 26.5 Å². The average Bonchev–Trinajstić information content (AvgIpc) is 2.39. The summed E-state index contributed by atoms with van der Waals surface area (Å²) >= 11 is 9.67. The van der Waals surface area contributed by atoms with Crippen LogP contribution in [0.2, 0.25) is 5.02 Å². The van der Waals surface area contributed by atoms with Gasteiger partial charge < -0.3 is 10.1 Å². The molecule has 2 rings (SSSR count). The summed E-state index contributed by atoms with van der Waals surface area (Å²) in [4.78, 5) is 0. The van der Waals surface area contributed by atoms with Gasteiger partial charge in [-0.2, -0.15) is 0 Å². The maximum atomic E-state index is 6.20. The number of anilines is 1. The zero-order valence-electron chi connectivity index (χ0n) is 10.8. The van der Waals surface area contributed by atoms with Gasteiger partial charge in [0.05, 0.1) is 11.6 Å². The molecule has 0 amide bonds. The predicted octanol–water partition coefficient (Wildman–Crippen LogP) is 5.28. The summed E-state index contributed by atoms with van der Waals surface area (Å²) in [6.07, 6.45) is 0. The molecule has 1 unspecified atom stereocenters. The van der Waals surface area contributed by atoms with Gasteiger partial charge in [-0.15, -0.1) is 0 Å². The fourth-order valence-electron chi connectivity index (χ4n) is 1.91. The van der Waals surface area contributed by atoms with Gasteiger partial charge in [-0.05, 0) is 52.7 Å². The normalized spacial score (nSPS) is 12.0. The summed E-state index contributed by atoms with van der Waals surface area (Å²) in [5.41, 5.74) is 2.09. The Morgan fingerprint density at radius 3 is 2.58 bits per heavy atom. The van der Waals surface area contributed by atoms with Gasteiger partial charge in [0.25, 0.3) is 0 Å². The molecule has 1 N–H and O–H groups in total. The van der Waals surface area contributed by atoms with Gasteiger partial charge in [0.1, 0.15) is 5.75 Å². The van der Waals surface area contributed by atoms with E-state index >= 15 is 0 Å². The van der Waals surface area contributed by atoms with Crippen LogP contribution in [0.15, 0.2) is 46.9 Å². The van der Waals surface area contributed by atoms with Crippen molar-refractivity contribution in [2.45, 2.75) is 13.0 Å². The highest BCUT2D eigenvalue weighted by Crippen LogP contribution is 2.30. The molecule has 0 aliphatic rings. The number of hydrogen-bond acceptors (Lipinski definition) is 2.